The second-order valence-electron chi connectivity index (χ2n) is 7.62. The molecule has 0 saturated carbocycles. The van der Waals surface area contributed by atoms with Crippen LogP contribution < -0.4 is 4.74 Å². The Kier molecular flexibility index (Phi) is 6.21. The normalized spacial score (nSPS) is 16.5. The Morgan fingerprint density at radius 1 is 1.12 bits per heavy atom. The van der Waals surface area contributed by atoms with Crippen molar-refractivity contribution in [3.8, 4) is 17.4 Å². The number of aromatic nitrogens is 4. The zero-order chi connectivity index (χ0) is 23.6. The van der Waals surface area contributed by atoms with Gasteiger partial charge in [0.2, 0.25) is 0 Å². The summed E-state index contributed by atoms with van der Waals surface area (Å²) in [6, 6.07) is 3.70. The van der Waals surface area contributed by atoms with Crippen molar-refractivity contribution in [2.24, 2.45) is 0 Å². The summed E-state index contributed by atoms with van der Waals surface area (Å²) in [5.74, 6) is -1.75. The van der Waals surface area contributed by atoms with Gasteiger partial charge >= 0.3 is 6.18 Å². The Labute approximate surface area is 186 Å². The summed E-state index contributed by atoms with van der Waals surface area (Å²) in [4.78, 5) is 31.0. The van der Waals surface area contributed by atoms with Gasteiger partial charge in [0.05, 0.1) is 17.7 Å². The minimum Gasteiger partial charge on any atom is -0.470 e. The molecule has 0 spiro atoms. The maximum atomic E-state index is 14.2. The van der Waals surface area contributed by atoms with Crippen LogP contribution in [0.25, 0.3) is 11.5 Å². The number of likely N-dealkylation sites (tertiary alicyclic amines) is 1. The second kappa shape index (κ2) is 9.08. The van der Waals surface area contributed by atoms with Gasteiger partial charge in [-0.1, -0.05) is 0 Å². The van der Waals surface area contributed by atoms with Crippen molar-refractivity contribution in [3.05, 3.63) is 65.5 Å². The van der Waals surface area contributed by atoms with Crippen LogP contribution in [0.2, 0.25) is 0 Å². The average molecular weight is 461 g/mol. The Balaban J connectivity index is 1.53. The van der Waals surface area contributed by atoms with E-state index in [1.165, 1.54) is 0 Å². The highest BCUT2D eigenvalue weighted by molar-refractivity contribution is 5.99. The van der Waals surface area contributed by atoms with Gasteiger partial charge in [0.1, 0.15) is 11.8 Å². The quantitative estimate of drug-likeness (QED) is 0.545. The number of rotatable bonds is 4. The van der Waals surface area contributed by atoms with E-state index in [1.54, 1.807) is 42.5 Å². The van der Waals surface area contributed by atoms with Crippen LogP contribution in [-0.2, 0) is 6.18 Å². The molecule has 4 heterocycles. The van der Waals surface area contributed by atoms with Gasteiger partial charge in [-0.3, -0.25) is 9.78 Å². The topological polar surface area (TPSA) is 81.1 Å². The summed E-state index contributed by atoms with van der Waals surface area (Å²) in [5, 5.41) is 0. The van der Waals surface area contributed by atoms with E-state index in [0.29, 0.717) is 48.7 Å². The zero-order valence-electron chi connectivity index (χ0n) is 17.5. The first-order chi connectivity index (χ1) is 15.7. The molecule has 0 aromatic carbocycles. The second-order valence-corrected chi connectivity index (χ2v) is 7.62. The lowest BCUT2D eigenvalue weighted by Gasteiger charge is -2.33. The number of hydrogen-bond donors (Lipinski definition) is 0. The SMILES string of the molecule is Cc1cnc(-c2ncccn2)c(C(=O)N2CCC[C@@H](Oc3ncc(C(F)(F)F)cc3F)C2)c1. The third-order valence-electron chi connectivity index (χ3n) is 5.11. The van der Waals surface area contributed by atoms with E-state index in [4.69, 9.17) is 4.74 Å². The fraction of sp³-hybridized carbons (Fsp3) is 0.318. The summed E-state index contributed by atoms with van der Waals surface area (Å²) in [6.45, 7) is 2.36. The molecule has 0 bridgehead atoms. The number of halogens is 4. The van der Waals surface area contributed by atoms with Crippen LogP contribution in [0.5, 0.6) is 5.88 Å². The molecule has 1 aliphatic rings. The maximum Gasteiger partial charge on any atom is 0.417 e. The number of pyridine rings is 2. The van der Waals surface area contributed by atoms with Gasteiger partial charge in [-0.25, -0.2) is 19.3 Å². The number of piperidine rings is 1. The number of carbonyl (C=O) groups is 1. The van der Waals surface area contributed by atoms with Gasteiger partial charge in [-0.15, -0.1) is 0 Å². The number of aryl methyl sites for hydroxylation is 1. The highest BCUT2D eigenvalue weighted by Gasteiger charge is 2.33. The molecular formula is C22H19F4N5O2. The van der Waals surface area contributed by atoms with Gasteiger partial charge in [0, 0.05) is 31.3 Å². The number of nitrogens with zero attached hydrogens (tertiary/aromatic N) is 5. The first kappa shape index (κ1) is 22.6. The van der Waals surface area contributed by atoms with Gasteiger partial charge in [0.25, 0.3) is 11.8 Å². The Morgan fingerprint density at radius 2 is 1.88 bits per heavy atom. The van der Waals surface area contributed by atoms with E-state index in [9.17, 15) is 22.4 Å². The third-order valence-corrected chi connectivity index (χ3v) is 5.11. The van der Waals surface area contributed by atoms with E-state index in [1.807, 2.05) is 0 Å². The first-order valence-electron chi connectivity index (χ1n) is 10.1. The number of alkyl halides is 3. The molecule has 1 saturated heterocycles. The first-order valence-corrected chi connectivity index (χ1v) is 10.1. The van der Waals surface area contributed by atoms with Gasteiger partial charge in [-0.2, -0.15) is 13.2 Å². The van der Waals surface area contributed by atoms with Crippen LogP contribution in [0, 0.1) is 12.7 Å². The van der Waals surface area contributed by atoms with Crippen molar-refractivity contribution in [1.29, 1.82) is 0 Å². The molecule has 0 radical (unpaired) electrons. The van der Waals surface area contributed by atoms with Crippen LogP contribution in [0.15, 0.2) is 43.0 Å². The molecule has 0 unspecified atom stereocenters. The summed E-state index contributed by atoms with van der Waals surface area (Å²) in [7, 11) is 0. The number of amides is 1. The van der Waals surface area contributed by atoms with Crippen molar-refractivity contribution in [2.45, 2.75) is 32.0 Å². The molecular weight excluding hydrogens is 442 g/mol. The van der Waals surface area contributed by atoms with Gasteiger partial charge < -0.3 is 9.64 Å². The van der Waals surface area contributed by atoms with Crippen molar-refractivity contribution in [1.82, 2.24) is 24.8 Å². The highest BCUT2D eigenvalue weighted by atomic mass is 19.4. The number of hydrogen-bond acceptors (Lipinski definition) is 6. The molecule has 3 aromatic heterocycles. The summed E-state index contributed by atoms with van der Waals surface area (Å²) < 4.78 is 57.9. The summed E-state index contributed by atoms with van der Waals surface area (Å²) in [6.07, 6.45) is 0.960. The minimum atomic E-state index is -4.71. The van der Waals surface area contributed by atoms with Crippen LogP contribution in [0.1, 0.15) is 34.3 Å². The van der Waals surface area contributed by atoms with E-state index in [2.05, 4.69) is 19.9 Å². The molecule has 0 aliphatic carbocycles. The fourth-order valence-electron chi connectivity index (χ4n) is 3.55. The van der Waals surface area contributed by atoms with Gasteiger partial charge in [0.15, 0.2) is 11.6 Å². The van der Waals surface area contributed by atoms with E-state index in [0.717, 1.165) is 5.56 Å². The lowest BCUT2D eigenvalue weighted by molar-refractivity contribution is -0.138. The van der Waals surface area contributed by atoms with E-state index < -0.39 is 29.5 Å². The standard InChI is InChI=1S/C22H19F4N5O2/c1-13-8-16(18(29-10-13)19-27-5-3-6-28-19)21(32)31-7-2-4-15(12-31)33-20-17(23)9-14(11-30-20)22(24,25)26/h3,5-6,8-11,15H,2,4,7,12H2,1H3/t15-/m1/s1. The Hall–Kier alpha value is -3.63. The third kappa shape index (κ3) is 5.07. The summed E-state index contributed by atoms with van der Waals surface area (Å²) >= 11 is 0. The maximum absolute atomic E-state index is 14.2. The molecule has 11 heteroatoms. The summed E-state index contributed by atoms with van der Waals surface area (Å²) in [5.41, 5.74) is 0.236. The molecule has 33 heavy (non-hydrogen) atoms. The molecule has 1 aliphatic heterocycles. The Bertz CT molecular complexity index is 1160. The predicted molar refractivity (Wildman–Crippen MR) is 109 cm³/mol. The van der Waals surface area contributed by atoms with Crippen LogP contribution in [0.3, 0.4) is 0 Å². The molecule has 172 valence electrons. The van der Waals surface area contributed by atoms with Crippen LogP contribution in [0.4, 0.5) is 17.6 Å². The van der Waals surface area contributed by atoms with Crippen molar-refractivity contribution in [2.75, 3.05) is 13.1 Å². The number of ether oxygens (including phenoxy) is 1. The zero-order valence-corrected chi connectivity index (χ0v) is 17.5. The number of carbonyl (C=O) groups excluding carboxylic acids is 1. The van der Waals surface area contributed by atoms with Crippen molar-refractivity contribution in [3.63, 3.8) is 0 Å². The Morgan fingerprint density at radius 3 is 2.58 bits per heavy atom. The fourth-order valence-corrected chi connectivity index (χ4v) is 3.55. The lowest BCUT2D eigenvalue weighted by atomic mass is 10.0. The average Bonchev–Trinajstić information content (AvgIpc) is 2.80. The monoisotopic (exact) mass is 461 g/mol. The highest BCUT2D eigenvalue weighted by Crippen LogP contribution is 2.31. The lowest BCUT2D eigenvalue weighted by Crippen LogP contribution is -2.44. The van der Waals surface area contributed by atoms with Crippen LogP contribution in [-0.4, -0.2) is 49.9 Å². The smallest absolute Gasteiger partial charge is 0.417 e. The minimum absolute atomic E-state index is 0.115. The molecule has 1 amide bonds. The van der Waals surface area contributed by atoms with E-state index in [-0.39, 0.29) is 12.5 Å². The molecule has 7 nitrogen and oxygen atoms in total. The molecule has 4 rings (SSSR count). The van der Waals surface area contributed by atoms with Crippen molar-refractivity contribution < 1.29 is 27.1 Å². The van der Waals surface area contributed by atoms with Crippen LogP contribution >= 0.6 is 0 Å². The van der Waals surface area contributed by atoms with Crippen molar-refractivity contribution >= 4 is 5.91 Å². The van der Waals surface area contributed by atoms with E-state index >= 15 is 0 Å². The predicted octanol–water partition coefficient (Wildman–Crippen LogP) is 4.08. The molecule has 1 atom stereocenters. The molecule has 0 N–H and O–H groups in total. The molecule has 1 fully saturated rings. The van der Waals surface area contributed by atoms with Gasteiger partial charge in [-0.05, 0) is 43.5 Å². The molecule has 3 aromatic rings. The largest absolute Gasteiger partial charge is 0.470 e.